The molecule has 0 saturated heterocycles. The summed E-state index contributed by atoms with van der Waals surface area (Å²) in [6.45, 7) is 0.859. The molecule has 0 N–H and O–H groups in total. The number of fused-ring (bicyclic) bond motifs is 2. The Hall–Kier alpha value is -3.55. The highest BCUT2D eigenvalue weighted by Crippen LogP contribution is 2.43. The van der Waals surface area contributed by atoms with Crippen LogP contribution < -0.4 is 9.64 Å². The molecule has 1 heterocycles. The van der Waals surface area contributed by atoms with Gasteiger partial charge in [-0.2, -0.15) is 8.78 Å². The molecule has 8 heteroatoms. The van der Waals surface area contributed by atoms with Gasteiger partial charge in [0.2, 0.25) is 0 Å². The third-order valence-electron chi connectivity index (χ3n) is 6.11. The van der Waals surface area contributed by atoms with Gasteiger partial charge < -0.3 is 14.4 Å². The van der Waals surface area contributed by atoms with Crippen LogP contribution in [0.4, 0.5) is 18.9 Å². The summed E-state index contributed by atoms with van der Waals surface area (Å²) in [6, 6.07) is 11.2. The third-order valence-corrected chi connectivity index (χ3v) is 6.11. The minimum atomic E-state index is -3.12. The van der Waals surface area contributed by atoms with E-state index in [1.807, 2.05) is 19.1 Å². The summed E-state index contributed by atoms with van der Waals surface area (Å²) >= 11 is 0. The summed E-state index contributed by atoms with van der Waals surface area (Å²) in [4.78, 5) is 26.5. The number of rotatable bonds is 9. The van der Waals surface area contributed by atoms with E-state index in [0.29, 0.717) is 22.9 Å². The van der Waals surface area contributed by atoms with Crippen LogP contribution in [0.3, 0.4) is 0 Å². The molecule has 1 aliphatic rings. The van der Waals surface area contributed by atoms with Gasteiger partial charge in [0.05, 0.1) is 30.8 Å². The topological polar surface area (TPSA) is 55.8 Å². The van der Waals surface area contributed by atoms with E-state index in [4.69, 9.17) is 9.47 Å². The zero-order chi connectivity index (χ0) is 25.1. The van der Waals surface area contributed by atoms with E-state index in [-0.39, 0.29) is 36.6 Å². The minimum absolute atomic E-state index is 0.00676. The fourth-order valence-electron chi connectivity index (χ4n) is 4.60. The van der Waals surface area contributed by atoms with E-state index in [1.165, 1.54) is 17.0 Å². The molecular weight excluding hydrogens is 459 g/mol. The van der Waals surface area contributed by atoms with Crippen molar-refractivity contribution >= 4 is 28.3 Å². The minimum Gasteiger partial charge on any atom is -0.466 e. The predicted octanol–water partition coefficient (Wildman–Crippen LogP) is 6.19. The molecule has 35 heavy (non-hydrogen) atoms. The molecular formula is C27H26F3NO4. The molecule has 0 fully saturated rings. The fraction of sp³-hybridized carbons (Fsp3) is 0.333. The molecule has 0 aromatic heterocycles. The van der Waals surface area contributed by atoms with Gasteiger partial charge in [0.1, 0.15) is 11.6 Å². The number of unbranched alkanes of at least 4 members (excludes halogenated alkanes) is 1. The van der Waals surface area contributed by atoms with Gasteiger partial charge in [-0.25, -0.2) is 4.39 Å². The monoisotopic (exact) mass is 485 g/mol. The van der Waals surface area contributed by atoms with Crippen LogP contribution in [0.2, 0.25) is 0 Å². The van der Waals surface area contributed by atoms with Gasteiger partial charge in [-0.3, -0.25) is 9.59 Å². The first-order valence-corrected chi connectivity index (χ1v) is 11.6. The molecule has 1 amide bonds. The molecule has 0 saturated carbocycles. The number of carbonyl (C=O) groups excluding carboxylic acids is 2. The predicted molar refractivity (Wildman–Crippen MR) is 126 cm³/mol. The standard InChI is InChI=1S/C27H26F3NO4/c1-3-5-8-18-17-9-6-7-10-19(17)25(35-27(29)30)24-20(18)15-31(26(24)33)22-12-11-16(13-21(22)28)14-23(32)34-4-2/h6-7,9-13,27H,3-5,8,14-15H2,1-2H3. The molecule has 0 spiro atoms. The molecule has 5 nitrogen and oxygen atoms in total. The van der Waals surface area contributed by atoms with Crippen molar-refractivity contribution in [2.75, 3.05) is 11.5 Å². The van der Waals surface area contributed by atoms with Gasteiger partial charge in [-0.15, -0.1) is 0 Å². The second kappa shape index (κ2) is 10.4. The van der Waals surface area contributed by atoms with E-state index in [9.17, 15) is 18.4 Å². The van der Waals surface area contributed by atoms with Crippen molar-refractivity contribution in [3.63, 3.8) is 0 Å². The van der Waals surface area contributed by atoms with Gasteiger partial charge in [-0.1, -0.05) is 43.7 Å². The lowest BCUT2D eigenvalue weighted by atomic mass is 9.91. The highest BCUT2D eigenvalue weighted by molar-refractivity contribution is 6.16. The molecule has 0 atom stereocenters. The van der Waals surface area contributed by atoms with Crippen molar-refractivity contribution in [3.8, 4) is 5.75 Å². The Balaban J connectivity index is 1.80. The van der Waals surface area contributed by atoms with E-state index in [0.717, 1.165) is 23.8 Å². The number of carbonyl (C=O) groups is 2. The van der Waals surface area contributed by atoms with Crippen LogP contribution in [0.5, 0.6) is 5.75 Å². The molecule has 0 bridgehead atoms. The molecule has 0 radical (unpaired) electrons. The highest BCUT2D eigenvalue weighted by Gasteiger charge is 2.37. The average molecular weight is 486 g/mol. The first-order chi connectivity index (χ1) is 16.8. The number of alkyl halides is 2. The number of halogens is 3. The molecule has 0 unspecified atom stereocenters. The summed E-state index contributed by atoms with van der Waals surface area (Å²) in [6.07, 6.45) is 2.30. The van der Waals surface area contributed by atoms with Crippen molar-refractivity contribution in [1.82, 2.24) is 0 Å². The Bertz CT molecular complexity index is 1280. The molecule has 3 aromatic carbocycles. The number of esters is 1. The first kappa shape index (κ1) is 24.6. The van der Waals surface area contributed by atoms with Crippen LogP contribution in [0.1, 0.15) is 53.7 Å². The molecule has 0 aliphatic carbocycles. The number of ether oxygens (including phenoxy) is 2. The Morgan fingerprint density at radius 2 is 1.86 bits per heavy atom. The first-order valence-electron chi connectivity index (χ1n) is 11.6. The van der Waals surface area contributed by atoms with E-state index < -0.39 is 24.3 Å². The number of nitrogens with zero attached hydrogens (tertiary/aromatic N) is 1. The fourth-order valence-corrected chi connectivity index (χ4v) is 4.60. The second-order valence-electron chi connectivity index (χ2n) is 8.35. The normalized spacial score (nSPS) is 13.0. The van der Waals surface area contributed by atoms with E-state index in [1.54, 1.807) is 25.1 Å². The molecule has 4 rings (SSSR count). The zero-order valence-corrected chi connectivity index (χ0v) is 19.6. The summed E-state index contributed by atoms with van der Waals surface area (Å²) in [5, 5.41) is 1.17. The van der Waals surface area contributed by atoms with Crippen LogP contribution in [-0.4, -0.2) is 25.1 Å². The lowest BCUT2D eigenvalue weighted by molar-refractivity contribution is -0.142. The molecule has 3 aromatic rings. The van der Waals surface area contributed by atoms with Crippen LogP contribution in [-0.2, 0) is 28.9 Å². The smallest absolute Gasteiger partial charge is 0.387 e. The summed E-state index contributed by atoms with van der Waals surface area (Å²) in [5.74, 6) is -1.96. The van der Waals surface area contributed by atoms with Gasteiger partial charge in [-0.05, 0) is 54.0 Å². The van der Waals surface area contributed by atoms with Crippen molar-refractivity contribution in [1.29, 1.82) is 0 Å². The lowest BCUT2D eigenvalue weighted by Gasteiger charge is -2.17. The van der Waals surface area contributed by atoms with Crippen molar-refractivity contribution in [2.45, 2.75) is 52.7 Å². The third kappa shape index (κ3) is 4.83. The largest absolute Gasteiger partial charge is 0.466 e. The number of anilines is 1. The Morgan fingerprint density at radius 1 is 1.11 bits per heavy atom. The van der Waals surface area contributed by atoms with Crippen LogP contribution >= 0.6 is 0 Å². The lowest BCUT2D eigenvalue weighted by Crippen LogP contribution is -2.24. The van der Waals surface area contributed by atoms with Gasteiger partial charge in [0.15, 0.2) is 0 Å². The highest BCUT2D eigenvalue weighted by atomic mass is 19.3. The second-order valence-corrected chi connectivity index (χ2v) is 8.35. The number of benzene rings is 3. The van der Waals surface area contributed by atoms with E-state index >= 15 is 4.39 Å². The van der Waals surface area contributed by atoms with Crippen LogP contribution in [0.25, 0.3) is 10.8 Å². The number of aryl methyl sites for hydroxylation is 1. The van der Waals surface area contributed by atoms with Crippen molar-refractivity contribution in [3.05, 3.63) is 70.5 Å². The van der Waals surface area contributed by atoms with Gasteiger partial charge >= 0.3 is 12.6 Å². The van der Waals surface area contributed by atoms with Crippen LogP contribution in [0, 0.1) is 5.82 Å². The Kier molecular flexibility index (Phi) is 7.28. The van der Waals surface area contributed by atoms with E-state index in [2.05, 4.69) is 0 Å². The number of amides is 1. The van der Waals surface area contributed by atoms with Crippen molar-refractivity contribution < 1.29 is 32.2 Å². The average Bonchev–Trinajstić information content (AvgIpc) is 3.15. The Morgan fingerprint density at radius 3 is 2.51 bits per heavy atom. The summed E-state index contributed by atoms with van der Waals surface area (Å²) in [7, 11) is 0. The maximum atomic E-state index is 15.1. The maximum absolute atomic E-state index is 15.1. The zero-order valence-electron chi connectivity index (χ0n) is 19.6. The Labute approximate surface area is 201 Å². The summed E-state index contributed by atoms with van der Waals surface area (Å²) < 4.78 is 51.7. The number of hydrogen-bond donors (Lipinski definition) is 0. The maximum Gasteiger partial charge on any atom is 0.387 e. The molecule has 1 aliphatic heterocycles. The van der Waals surface area contributed by atoms with Crippen molar-refractivity contribution in [2.24, 2.45) is 0 Å². The van der Waals surface area contributed by atoms with Gasteiger partial charge in [0.25, 0.3) is 5.91 Å². The summed E-state index contributed by atoms with van der Waals surface area (Å²) in [5.41, 5.74) is 1.92. The molecule has 184 valence electrons. The number of hydrogen-bond acceptors (Lipinski definition) is 4. The van der Waals surface area contributed by atoms with Crippen LogP contribution in [0.15, 0.2) is 42.5 Å². The SMILES string of the molecule is CCCCc1c2c(c(OC(F)F)c3ccccc13)C(=O)N(c1ccc(CC(=O)OCC)cc1F)C2. The van der Waals surface area contributed by atoms with Gasteiger partial charge in [0, 0.05) is 5.39 Å². The quantitative estimate of drug-likeness (QED) is 0.339.